The molecule has 0 bridgehead atoms. The second-order valence-electron chi connectivity index (χ2n) is 6.97. The van der Waals surface area contributed by atoms with E-state index in [2.05, 4.69) is 4.98 Å². The van der Waals surface area contributed by atoms with Gasteiger partial charge in [0, 0.05) is 37.2 Å². The van der Waals surface area contributed by atoms with E-state index < -0.39 is 11.9 Å². The van der Waals surface area contributed by atoms with Gasteiger partial charge in [-0.15, -0.1) is 0 Å². The third kappa shape index (κ3) is 4.64. The highest BCUT2D eigenvalue weighted by molar-refractivity contribution is 5.83. The van der Waals surface area contributed by atoms with Crippen LogP contribution in [-0.4, -0.2) is 46.0 Å². The van der Waals surface area contributed by atoms with Gasteiger partial charge in [0.05, 0.1) is 12.5 Å². The molecule has 1 aliphatic heterocycles. The predicted octanol–water partition coefficient (Wildman–Crippen LogP) is 2.80. The number of likely N-dealkylation sites (tertiary alicyclic amines) is 1. The highest BCUT2D eigenvalue weighted by Gasteiger charge is 2.35. The topological polar surface area (TPSA) is 73.7 Å². The smallest absolute Gasteiger partial charge is 0.308 e. The van der Waals surface area contributed by atoms with Crippen LogP contribution in [0.1, 0.15) is 25.3 Å². The monoisotopic (exact) mass is 367 g/mol. The van der Waals surface area contributed by atoms with Gasteiger partial charge in [0.15, 0.2) is 0 Å². The summed E-state index contributed by atoms with van der Waals surface area (Å²) in [5.74, 6) is -1.36. The van der Waals surface area contributed by atoms with Crippen molar-refractivity contribution >= 4 is 17.6 Å². The van der Waals surface area contributed by atoms with Crippen molar-refractivity contribution in [3.05, 3.63) is 60.4 Å². The summed E-state index contributed by atoms with van der Waals surface area (Å²) in [7, 11) is 0. The van der Waals surface area contributed by atoms with Crippen LogP contribution in [0.15, 0.2) is 54.9 Å². The molecule has 0 aliphatic carbocycles. The lowest BCUT2D eigenvalue weighted by molar-refractivity contribution is -0.148. The van der Waals surface area contributed by atoms with E-state index in [9.17, 15) is 14.7 Å². The Labute approximate surface area is 159 Å². The number of piperidine rings is 1. The van der Waals surface area contributed by atoms with Crippen LogP contribution >= 0.6 is 0 Å². The highest BCUT2D eigenvalue weighted by Crippen LogP contribution is 2.25. The first-order valence-electron chi connectivity index (χ1n) is 9.27. The fourth-order valence-electron chi connectivity index (χ4n) is 3.67. The molecule has 2 aromatic rings. The third-order valence-corrected chi connectivity index (χ3v) is 5.17. The molecule has 27 heavy (non-hydrogen) atoms. The number of nitrogens with zero attached hydrogens (tertiary/aromatic N) is 3. The molecule has 0 saturated carbocycles. The molecule has 0 unspecified atom stereocenters. The number of carbonyl (C=O) groups excluding carboxylic acids is 1. The number of carboxylic acids is 1. The van der Waals surface area contributed by atoms with Gasteiger partial charge in [0.25, 0.3) is 0 Å². The normalized spacial score (nSPS) is 19.5. The van der Waals surface area contributed by atoms with Gasteiger partial charge in [-0.2, -0.15) is 0 Å². The quantitative estimate of drug-likeness (QED) is 0.850. The summed E-state index contributed by atoms with van der Waals surface area (Å²) in [6.45, 7) is 3.22. The van der Waals surface area contributed by atoms with Gasteiger partial charge in [0.1, 0.15) is 0 Å². The number of para-hydroxylation sites is 1. The van der Waals surface area contributed by atoms with Crippen LogP contribution in [0.4, 0.5) is 5.69 Å². The molecule has 1 N–H and O–H groups in total. The van der Waals surface area contributed by atoms with Crippen molar-refractivity contribution in [2.24, 2.45) is 5.92 Å². The Morgan fingerprint density at radius 3 is 2.67 bits per heavy atom. The van der Waals surface area contributed by atoms with Gasteiger partial charge in [0.2, 0.25) is 5.91 Å². The van der Waals surface area contributed by atoms with Gasteiger partial charge in [-0.05, 0) is 43.5 Å². The van der Waals surface area contributed by atoms with Crippen LogP contribution in [0.25, 0.3) is 0 Å². The van der Waals surface area contributed by atoms with E-state index in [0.717, 1.165) is 17.7 Å². The van der Waals surface area contributed by atoms with Crippen molar-refractivity contribution in [2.75, 3.05) is 18.0 Å². The first kappa shape index (κ1) is 18.9. The second-order valence-corrected chi connectivity index (χ2v) is 6.97. The lowest BCUT2D eigenvalue weighted by Crippen LogP contribution is -2.52. The number of rotatable bonds is 6. The molecule has 1 aromatic carbocycles. The van der Waals surface area contributed by atoms with Crippen LogP contribution < -0.4 is 4.90 Å². The zero-order chi connectivity index (χ0) is 19.2. The number of aromatic nitrogens is 1. The van der Waals surface area contributed by atoms with Crippen molar-refractivity contribution in [3.63, 3.8) is 0 Å². The summed E-state index contributed by atoms with van der Waals surface area (Å²) in [6, 6.07) is 13.4. The summed E-state index contributed by atoms with van der Waals surface area (Å²) in [4.78, 5) is 32.4. The van der Waals surface area contributed by atoms with E-state index in [0.29, 0.717) is 19.5 Å². The first-order chi connectivity index (χ1) is 13.1. The van der Waals surface area contributed by atoms with Crippen molar-refractivity contribution in [1.82, 2.24) is 9.88 Å². The molecule has 1 saturated heterocycles. The van der Waals surface area contributed by atoms with E-state index in [1.807, 2.05) is 54.3 Å². The molecule has 1 fully saturated rings. The number of carbonyl (C=O) groups is 2. The molecule has 0 spiro atoms. The number of carboxylic acid groups (broad SMARTS) is 1. The molecule has 1 amide bonds. The Morgan fingerprint density at radius 1 is 1.22 bits per heavy atom. The van der Waals surface area contributed by atoms with Crippen LogP contribution in [0, 0.1) is 5.92 Å². The molecular formula is C21H25N3O3. The molecule has 0 radical (unpaired) electrons. The number of benzene rings is 1. The summed E-state index contributed by atoms with van der Waals surface area (Å²) in [5, 5.41) is 9.41. The van der Waals surface area contributed by atoms with Crippen molar-refractivity contribution < 1.29 is 14.7 Å². The van der Waals surface area contributed by atoms with Crippen molar-refractivity contribution in [1.29, 1.82) is 0 Å². The zero-order valence-electron chi connectivity index (χ0n) is 15.5. The van der Waals surface area contributed by atoms with E-state index in [1.165, 1.54) is 0 Å². The van der Waals surface area contributed by atoms with Gasteiger partial charge in [-0.25, -0.2) is 0 Å². The average Bonchev–Trinajstić information content (AvgIpc) is 2.69. The Hall–Kier alpha value is -2.89. The average molecular weight is 367 g/mol. The van der Waals surface area contributed by atoms with E-state index in [-0.39, 0.29) is 18.5 Å². The predicted molar refractivity (Wildman–Crippen MR) is 103 cm³/mol. The molecule has 1 aliphatic rings. The number of hydrogen-bond acceptors (Lipinski definition) is 4. The SMILES string of the molecule is C[C@@H]1[C@H](C(=O)O)CCCN1C(=O)CN(Cc1cccnc1)c1ccccc1. The van der Waals surface area contributed by atoms with E-state index >= 15 is 0 Å². The minimum Gasteiger partial charge on any atom is -0.481 e. The second kappa shape index (κ2) is 8.66. The minimum absolute atomic E-state index is 0.0406. The Bertz CT molecular complexity index is 767. The summed E-state index contributed by atoms with van der Waals surface area (Å²) in [6.07, 6.45) is 4.87. The maximum Gasteiger partial charge on any atom is 0.308 e. The maximum atomic E-state index is 13.0. The number of pyridine rings is 1. The third-order valence-electron chi connectivity index (χ3n) is 5.17. The molecule has 3 rings (SSSR count). The van der Waals surface area contributed by atoms with Gasteiger partial charge in [-0.1, -0.05) is 24.3 Å². The van der Waals surface area contributed by atoms with Crippen LogP contribution in [0.5, 0.6) is 0 Å². The number of hydrogen-bond donors (Lipinski definition) is 1. The van der Waals surface area contributed by atoms with Crippen molar-refractivity contribution in [3.8, 4) is 0 Å². The first-order valence-corrected chi connectivity index (χ1v) is 9.27. The fourth-order valence-corrected chi connectivity index (χ4v) is 3.67. The molecule has 2 atom stereocenters. The largest absolute Gasteiger partial charge is 0.481 e. The minimum atomic E-state index is -0.824. The molecule has 1 aromatic heterocycles. The Balaban J connectivity index is 1.77. The molecule has 2 heterocycles. The van der Waals surface area contributed by atoms with E-state index in [1.54, 1.807) is 17.3 Å². The Morgan fingerprint density at radius 2 is 2.00 bits per heavy atom. The number of aliphatic carboxylic acids is 1. The molecule has 6 nitrogen and oxygen atoms in total. The number of amides is 1. The van der Waals surface area contributed by atoms with E-state index in [4.69, 9.17) is 0 Å². The van der Waals surface area contributed by atoms with Crippen LogP contribution in [0.2, 0.25) is 0 Å². The number of anilines is 1. The summed E-state index contributed by atoms with van der Waals surface area (Å²) < 4.78 is 0. The standard InChI is InChI=1S/C21H25N3O3/c1-16-19(21(26)27)10-6-12-24(16)20(25)15-23(18-8-3-2-4-9-18)14-17-7-5-11-22-13-17/h2-5,7-9,11,13,16,19H,6,10,12,14-15H2,1H3,(H,26,27)/t16-,19-/m1/s1. The Kier molecular flexibility index (Phi) is 6.06. The van der Waals surface area contributed by atoms with Gasteiger partial charge < -0.3 is 14.9 Å². The molecule has 6 heteroatoms. The summed E-state index contributed by atoms with van der Waals surface area (Å²) in [5.41, 5.74) is 1.97. The summed E-state index contributed by atoms with van der Waals surface area (Å²) >= 11 is 0. The maximum absolute atomic E-state index is 13.0. The van der Waals surface area contributed by atoms with Crippen LogP contribution in [-0.2, 0) is 16.1 Å². The van der Waals surface area contributed by atoms with Crippen LogP contribution in [0.3, 0.4) is 0 Å². The lowest BCUT2D eigenvalue weighted by Gasteiger charge is -2.39. The van der Waals surface area contributed by atoms with Gasteiger partial charge in [-0.3, -0.25) is 14.6 Å². The lowest BCUT2D eigenvalue weighted by atomic mass is 9.90. The van der Waals surface area contributed by atoms with Crippen molar-refractivity contribution in [2.45, 2.75) is 32.4 Å². The fraction of sp³-hybridized carbons (Fsp3) is 0.381. The highest BCUT2D eigenvalue weighted by atomic mass is 16.4. The van der Waals surface area contributed by atoms with Gasteiger partial charge >= 0.3 is 5.97 Å². The zero-order valence-corrected chi connectivity index (χ0v) is 15.5. The molecular weight excluding hydrogens is 342 g/mol. The molecule has 142 valence electrons.